The maximum Gasteiger partial charge on any atom is 0.326 e. The smallest absolute Gasteiger partial charge is 0.326 e. The van der Waals surface area contributed by atoms with Crippen molar-refractivity contribution in [2.45, 2.75) is 32.4 Å². The summed E-state index contributed by atoms with van der Waals surface area (Å²) in [6.45, 7) is 2.02. The Bertz CT molecular complexity index is 364. The van der Waals surface area contributed by atoms with E-state index >= 15 is 0 Å². The first kappa shape index (κ1) is 13.0. The minimum Gasteiger partial charge on any atom is -0.480 e. The molecular formula is C10H15N3O4. The van der Waals surface area contributed by atoms with Gasteiger partial charge in [-0.2, -0.15) is 0 Å². The summed E-state index contributed by atoms with van der Waals surface area (Å²) in [6.07, 6.45) is 2.54. The Kier molecular flexibility index (Phi) is 4.99. The highest BCUT2D eigenvalue weighted by Gasteiger charge is 2.18. The lowest BCUT2D eigenvalue weighted by molar-refractivity contribution is -0.139. The highest BCUT2D eigenvalue weighted by atomic mass is 16.5. The van der Waals surface area contributed by atoms with E-state index in [9.17, 15) is 9.59 Å². The summed E-state index contributed by atoms with van der Waals surface area (Å²) in [6, 6.07) is 0.207. The van der Waals surface area contributed by atoms with Crippen LogP contribution in [0.3, 0.4) is 0 Å². The van der Waals surface area contributed by atoms with Gasteiger partial charge in [0.2, 0.25) is 0 Å². The van der Waals surface area contributed by atoms with Crippen LogP contribution in [-0.2, 0) is 11.3 Å². The summed E-state index contributed by atoms with van der Waals surface area (Å²) in [7, 11) is 0. The van der Waals surface area contributed by atoms with E-state index in [0.29, 0.717) is 18.6 Å². The van der Waals surface area contributed by atoms with Crippen molar-refractivity contribution in [3.05, 3.63) is 18.0 Å². The average Bonchev–Trinajstić information content (AvgIpc) is 2.78. The lowest BCUT2D eigenvalue weighted by atomic mass is 10.2. The molecule has 3 N–H and O–H groups in total. The second kappa shape index (κ2) is 6.51. The van der Waals surface area contributed by atoms with Gasteiger partial charge in [-0.15, -0.1) is 0 Å². The maximum atomic E-state index is 11.4. The Morgan fingerprint density at radius 3 is 2.88 bits per heavy atom. The molecule has 0 bridgehead atoms. The number of carboxylic acid groups (broad SMARTS) is 1. The predicted molar refractivity (Wildman–Crippen MR) is 58.2 cm³/mol. The number of hydrogen-bond donors (Lipinski definition) is 3. The summed E-state index contributed by atoms with van der Waals surface area (Å²) in [5, 5.41) is 17.2. The largest absolute Gasteiger partial charge is 0.480 e. The van der Waals surface area contributed by atoms with Crippen molar-refractivity contribution in [2.24, 2.45) is 0 Å². The first-order chi connectivity index (χ1) is 8.13. The van der Waals surface area contributed by atoms with E-state index < -0.39 is 18.0 Å². The van der Waals surface area contributed by atoms with Crippen molar-refractivity contribution >= 4 is 12.0 Å². The predicted octanol–water partition coefficient (Wildman–Crippen LogP) is 0.727. The van der Waals surface area contributed by atoms with Crippen LogP contribution in [0.2, 0.25) is 0 Å². The van der Waals surface area contributed by atoms with Gasteiger partial charge in [0.1, 0.15) is 6.04 Å². The number of aromatic nitrogens is 1. The normalized spacial score (nSPS) is 11.8. The lowest BCUT2D eigenvalue weighted by Crippen LogP contribution is -2.45. The number of carbonyl (C=O) groups is 2. The topological polar surface area (TPSA) is 104 Å². The Morgan fingerprint density at radius 2 is 2.35 bits per heavy atom. The molecule has 0 radical (unpaired) electrons. The molecule has 0 aliphatic heterocycles. The van der Waals surface area contributed by atoms with Crippen LogP contribution < -0.4 is 10.6 Å². The Balaban J connectivity index is 2.34. The van der Waals surface area contributed by atoms with E-state index in [0.717, 1.165) is 0 Å². The molecule has 0 saturated carbocycles. The van der Waals surface area contributed by atoms with Crippen LogP contribution in [0.4, 0.5) is 4.79 Å². The molecule has 0 aromatic carbocycles. The molecule has 7 heteroatoms. The van der Waals surface area contributed by atoms with Gasteiger partial charge in [0.05, 0.1) is 12.7 Å². The van der Waals surface area contributed by atoms with Crippen LogP contribution >= 0.6 is 0 Å². The zero-order valence-corrected chi connectivity index (χ0v) is 9.47. The number of nitrogens with zero attached hydrogens (tertiary/aromatic N) is 1. The number of hydrogen-bond acceptors (Lipinski definition) is 4. The molecule has 0 spiro atoms. The molecule has 1 atom stereocenters. The molecule has 1 rings (SSSR count). The van der Waals surface area contributed by atoms with Gasteiger partial charge in [-0.05, 0) is 6.42 Å². The van der Waals surface area contributed by atoms with Gasteiger partial charge in [-0.25, -0.2) is 9.59 Å². The fraction of sp³-hybridized carbons (Fsp3) is 0.500. The van der Waals surface area contributed by atoms with Gasteiger partial charge in [0.25, 0.3) is 0 Å². The first-order valence-corrected chi connectivity index (χ1v) is 5.30. The molecule has 0 aliphatic carbocycles. The van der Waals surface area contributed by atoms with E-state index in [1.165, 1.54) is 6.20 Å². The second-order valence-electron chi connectivity index (χ2n) is 3.49. The Labute approximate surface area is 98.2 Å². The van der Waals surface area contributed by atoms with Crippen molar-refractivity contribution in [2.75, 3.05) is 0 Å². The number of amides is 2. The van der Waals surface area contributed by atoms with Crippen LogP contribution in [0.15, 0.2) is 16.8 Å². The molecule has 94 valence electrons. The molecule has 0 unspecified atom stereocenters. The number of aliphatic carboxylic acids is 1. The number of carboxylic acids is 1. The summed E-state index contributed by atoms with van der Waals surface area (Å²) < 4.78 is 4.78. The van der Waals surface area contributed by atoms with Crippen molar-refractivity contribution in [1.29, 1.82) is 0 Å². The second-order valence-corrected chi connectivity index (χ2v) is 3.49. The third-order valence-electron chi connectivity index (χ3n) is 2.10. The third kappa shape index (κ3) is 4.54. The molecule has 0 aliphatic rings. The zero-order valence-electron chi connectivity index (χ0n) is 9.47. The van der Waals surface area contributed by atoms with Crippen LogP contribution in [0.1, 0.15) is 25.5 Å². The summed E-state index contributed by atoms with van der Waals surface area (Å²) in [4.78, 5) is 22.2. The quantitative estimate of drug-likeness (QED) is 0.681. The van der Waals surface area contributed by atoms with Gasteiger partial charge in [-0.3, -0.25) is 0 Å². The van der Waals surface area contributed by atoms with E-state index in [-0.39, 0.29) is 6.54 Å². The standard InChI is InChI=1S/C10H15N3O4/c1-2-3-8(9(14)15)13-10(16)11-6-7-4-5-12-17-7/h4-5,8H,2-3,6H2,1H3,(H,14,15)(H2,11,13,16)/t8-/m1/s1. The number of carbonyl (C=O) groups excluding carboxylic acids is 1. The SMILES string of the molecule is CCC[C@@H](NC(=O)NCc1ccno1)C(=O)O. The first-order valence-electron chi connectivity index (χ1n) is 5.30. The van der Waals surface area contributed by atoms with E-state index in [2.05, 4.69) is 15.8 Å². The number of nitrogens with one attached hydrogen (secondary N) is 2. The number of rotatable bonds is 6. The molecular weight excluding hydrogens is 226 g/mol. The molecule has 7 nitrogen and oxygen atoms in total. The average molecular weight is 241 g/mol. The Morgan fingerprint density at radius 1 is 1.59 bits per heavy atom. The lowest BCUT2D eigenvalue weighted by Gasteiger charge is -2.13. The van der Waals surface area contributed by atoms with Gasteiger partial charge in [0, 0.05) is 6.07 Å². The summed E-state index contributed by atoms with van der Waals surface area (Å²) in [5.41, 5.74) is 0. The van der Waals surface area contributed by atoms with E-state index in [1.807, 2.05) is 6.92 Å². The van der Waals surface area contributed by atoms with Crippen molar-refractivity contribution in [3.8, 4) is 0 Å². The van der Waals surface area contributed by atoms with Crippen molar-refractivity contribution in [3.63, 3.8) is 0 Å². The fourth-order valence-electron chi connectivity index (χ4n) is 1.26. The van der Waals surface area contributed by atoms with E-state index in [4.69, 9.17) is 9.63 Å². The molecule has 0 saturated heterocycles. The van der Waals surface area contributed by atoms with Crippen LogP contribution in [0.5, 0.6) is 0 Å². The molecule has 1 aromatic heterocycles. The zero-order chi connectivity index (χ0) is 12.7. The van der Waals surface area contributed by atoms with Crippen molar-refractivity contribution in [1.82, 2.24) is 15.8 Å². The summed E-state index contributed by atoms with van der Waals surface area (Å²) in [5.74, 6) is -0.538. The van der Waals surface area contributed by atoms with Crippen LogP contribution in [-0.4, -0.2) is 28.3 Å². The highest BCUT2D eigenvalue weighted by molar-refractivity contribution is 5.82. The van der Waals surface area contributed by atoms with Gasteiger partial charge < -0.3 is 20.3 Å². The summed E-state index contributed by atoms with van der Waals surface area (Å²) >= 11 is 0. The number of urea groups is 1. The molecule has 2 amide bonds. The molecule has 0 fully saturated rings. The van der Waals surface area contributed by atoms with Gasteiger partial charge in [0.15, 0.2) is 5.76 Å². The molecule has 1 aromatic rings. The van der Waals surface area contributed by atoms with Gasteiger partial charge in [-0.1, -0.05) is 18.5 Å². The minimum atomic E-state index is -1.04. The van der Waals surface area contributed by atoms with Gasteiger partial charge >= 0.3 is 12.0 Å². The minimum absolute atomic E-state index is 0.171. The molecule has 1 heterocycles. The van der Waals surface area contributed by atoms with E-state index in [1.54, 1.807) is 6.07 Å². The maximum absolute atomic E-state index is 11.4. The van der Waals surface area contributed by atoms with Crippen LogP contribution in [0, 0.1) is 0 Å². The highest BCUT2D eigenvalue weighted by Crippen LogP contribution is 1.98. The monoisotopic (exact) mass is 241 g/mol. The fourth-order valence-corrected chi connectivity index (χ4v) is 1.26. The molecule has 17 heavy (non-hydrogen) atoms. The Hall–Kier alpha value is -2.05. The third-order valence-corrected chi connectivity index (χ3v) is 2.10. The van der Waals surface area contributed by atoms with Crippen molar-refractivity contribution < 1.29 is 19.2 Å². The van der Waals surface area contributed by atoms with Crippen LogP contribution in [0.25, 0.3) is 0 Å².